The number of hydrogen-bond donors (Lipinski definition) is 2. The zero-order chi connectivity index (χ0) is 12.8. The van der Waals surface area contributed by atoms with E-state index in [9.17, 15) is 0 Å². The molecule has 0 aromatic carbocycles. The maximum Gasteiger partial charge on any atom is 0.122 e. The van der Waals surface area contributed by atoms with Crippen LogP contribution in [0.3, 0.4) is 0 Å². The van der Waals surface area contributed by atoms with E-state index in [4.69, 9.17) is 18.0 Å². The maximum atomic E-state index is 5.55. The van der Waals surface area contributed by atoms with E-state index in [-0.39, 0.29) is 0 Å². The van der Waals surface area contributed by atoms with Gasteiger partial charge in [0.1, 0.15) is 4.99 Å². The number of nitrogens with zero attached hydrogens (tertiary/aromatic N) is 2. The first-order valence-electron chi connectivity index (χ1n) is 5.66. The summed E-state index contributed by atoms with van der Waals surface area (Å²) < 4.78 is 0. The molecule has 0 aliphatic heterocycles. The molecule has 0 amide bonds. The van der Waals surface area contributed by atoms with Crippen LogP contribution in [0.1, 0.15) is 19.0 Å². The number of rotatable bonds is 6. The number of hydrogen-bond acceptors (Lipinski definition) is 4. The summed E-state index contributed by atoms with van der Waals surface area (Å²) in [6.45, 7) is 3.21. The van der Waals surface area contributed by atoms with Crippen LogP contribution in [0.5, 0.6) is 0 Å². The van der Waals surface area contributed by atoms with E-state index >= 15 is 0 Å². The molecule has 4 nitrogen and oxygen atoms in total. The van der Waals surface area contributed by atoms with Gasteiger partial charge in [-0.15, -0.1) is 0 Å². The van der Waals surface area contributed by atoms with E-state index in [0.29, 0.717) is 16.7 Å². The van der Waals surface area contributed by atoms with Crippen molar-refractivity contribution in [1.82, 2.24) is 9.88 Å². The van der Waals surface area contributed by atoms with Crippen molar-refractivity contribution in [2.75, 3.05) is 26.0 Å². The summed E-state index contributed by atoms with van der Waals surface area (Å²) in [5.74, 6) is 0. The Balaban J connectivity index is 2.56. The third-order valence-electron chi connectivity index (χ3n) is 2.43. The van der Waals surface area contributed by atoms with Gasteiger partial charge in [0, 0.05) is 17.9 Å². The van der Waals surface area contributed by atoms with Crippen molar-refractivity contribution in [2.24, 2.45) is 5.73 Å². The topological polar surface area (TPSA) is 54.2 Å². The maximum absolute atomic E-state index is 5.55. The zero-order valence-electron chi connectivity index (χ0n) is 10.6. The van der Waals surface area contributed by atoms with Crippen LogP contribution in [0.15, 0.2) is 18.3 Å². The second-order valence-electron chi connectivity index (χ2n) is 4.43. The predicted molar refractivity (Wildman–Crippen MR) is 76.4 cm³/mol. The van der Waals surface area contributed by atoms with E-state index in [0.717, 1.165) is 18.7 Å². The van der Waals surface area contributed by atoms with Crippen molar-refractivity contribution >= 4 is 22.9 Å². The zero-order valence-corrected chi connectivity index (χ0v) is 11.4. The van der Waals surface area contributed by atoms with Crippen molar-refractivity contribution in [3.8, 4) is 0 Å². The van der Waals surface area contributed by atoms with Crippen molar-refractivity contribution in [3.63, 3.8) is 0 Å². The first-order valence-corrected chi connectivity index (χ1v) is 6.07. The SMILES string of the molecule is CC(CCN(C)C)Nc1ccnc(C(N)=S)c1. The average molecular weight is 252 g/mol. The van der Waals surface area contributed by atoms with Crippen LogP contribution in [0.2, 0.25) is 0 Å². The van der Waals surface area contributed by atoms with E-state index in [2.05, 4.69) is 36.2 Å². The smallest absolute Gasteiger partial charge is 0.122 e. The summed E-state index contributed by atoms with van der Waals surface area (Å²) in [6, 6.07) is 4.21. The van der Waals surface area contributed by atoms with Gasteiger partial charge < -0.3 is 16.0 Å². The Bertz CT molecular complexity index is 379. The summed E-state index contributed by atoms with van der Waals surface area (Å²) in [4.78, 5) is 6.61. The van der Waals surface area contributed by atoms with E-state index in [1.165, 1.54) is 0 Å². The second-order valence-corrected chi connectivity index (χ2v) is 4.87. The lowest BCUT2D eigenvalue weighted by Crippen LogP contribution is -2.23. The third kappa shape index (κ3) is 5.10. The second kappa shape index (κ2) is 6.51. The molecule has 1 rings (SSSR count). The third-order valence-corrected chi connectivity index (χ3v) is 2.64. The Morgan fingerprint density at radius 3 is 2.88 bits per heavy atom. The van der Waals surface area contributed by atoms with Crippen LogP contribution in [0.4, 0.5) is 5.69 Å². The molecule has 0 aliphatic carbocycles. The number of nitrogens with one attached hydrogen (secondary N) is 1. The van der Waals surface area contributed by atoms with Gasteiger partial charge in [0.2, 0.25) is 0 Å². The minimum Gasteiger partial charge on any atom is -0.388 e. The predicted octanol–water partition coefficient (Wildman–Crippen LogP) is 1.47. The molecular weight excluding hydrogens is 232 g/mol. The van der Waals surface area contributed by atoms with Crippen LogP contribution in [-0.2, 0) is 0 Å². The Kier molecular flexibility index (Phi) is 5.31. The molecule has 0 aliphatic rings. The summed E-state index contributed by atoms with van der Waals surface area (Å²) in [5, 5.41) is 3.41. The number of pyridine rings is 1. The molecule has 17 heavy (non-hydrogen) atoms. The number of nitrogens with two attached hydrogens (primary N) is 1. The standard InChI is InChI=1S/C12H20N4S/c1-9(5-7-16(2)3)15-10-4-6-14-11(8-10)12(13)17/h4,6,8-9H,5,7H2,1-3H3,(H2,13,17)(H,14,15). The highest BCUT2D eigenvalue weighted by Gasteiger charge is 2.04. The van der Waals surface area contributed by atoms with Gasteiger partial charge in [0.05, 0.1) is 5.69 Å². The van der Waals surface area contributed by atoms with Crippen molar-refractivity contribution in [3.05, 3.63) is 24.0 Å². The molecule has 1 aromatic rings. The molecule has 0 spiro atoms. The lowest BCUT2D eigenvalue weighted by atomic mass is 10.2. The Morgan fingerprint density at radius 2 is 2.29 bits per heavy atom. The summed E-state index contributed by atoms with van der Waals surface area (Å²) >= 11 is 4.90. The van der Waals surface area contributed by atoms with Gasteiger partial charge in [-0.2, -0.15) is 0 Å². The molecular formula is C12H20N4S. The van der Waals surface area contributed by atoms with Crippen LogP contribution in [-0.4, -0.2) is 41.6 Å². The summed E-state index contributed by atoms with van der Waals surface area (Å²) in [5.41, 5.74) is 7.21. The number of thiocarbonyl (C=S) groups is 1. The molecule has 1 unspecified atom stereocenters. The van der Waals surface area contributed by atoms with Gasteiger partial charge in [0.25, 0.3) is 0 Å². The van der Waals surface area contributed by atoms with Crippen molar-refractivity contribution in [2.45, 2.75) is 19.4 Å². The highest BCUT2D eigenvalue weighted by atomic mass is 32.1. The first-order chi connectivity index (χ1) is 7.99. The first kappa shape index (κ1) is 13.9. The molecule has 0 radical (unpaired) electrons. The molecule has 3 N–H and O–H groups in total. The normalized spacial score (nSPS) is 12.5. The van der Waals surface area contributed by atoms with Gasteiger partial charge in [-0.25, -0.2) is 0 Å². The Morgan fingerprint density at radius 1 is 1.59 bits per heavy atom. The van der Waals surface area contributed by atoms with Gasteiger partial charge in [-0.3, -0.25) is 4.98 Å². The Labute approximate surface area is 108 Å². The molecule has 1 aromatic heterocycles. The van der Waals surface area contributed by atoms with E-state index < -0.39 is 0 Å². The van der Waals surface area contributed by atoms with E-state index in [1.54, 1.807) is 6.20 Å². The minimum absolute atomic E-state index is 0.328. The van der Waals surface area contributed by atoms with Crippen LogP contribution in [0.25, 0.3) is 0 Å². The molecule has 0 saturated carbocycles. The molecule has 0 bridgehead atoms. The fourth-order valence-electron chi connectivity index (χ4n) is 1.46. The number of aromatic nitrogens is 1. The lowest BCUT2D eigenvalue weighted by Gasteiger charge is -2.18. The molecule has 0 fully saturated rings. The summed E-state index contributed by atoms with van der Waals surface area (Å²) in [7, 11) is 4.15. The monoisotopic (exact) mass is 252 g/mol. The number of anilines is 1. The van der Waals surface area contributed by atoms with Crippen molar-refractivity contribution < 1.29 is 0 Å². The van der Waals surface area contributed by atoms with Gasteiger partial charge in [-0.05, 0) is 46.1 Å². The fraction of sp³-hybridized carbons (Fsp3) is 0.500. The van der Waals surface area contributed by atoms with Crippen LogP contribution < -0.4 is 11.1 Å². The van der Waals surface area contributed by atoms with Crippen LogP contribution >= 0.6 is 12.2 Å². The summed E-state index contributed by atoms with van der Waals surface area (Å²) in [6.07, 6.45) is 2.80. The van der Waals surface area contributed by atoms with Gasteiger partial charge in [0.15, 0.2) is 0 Å². The van der Waals surface area contributed by atoms with Gasteiger partial charge in [-0.1, -0.05) is 12.2 Å². The van der Waals surface area contributed by atoms with Crippen molar-refractivity contribution in [1.29, 1.82) is 0 Å². The molecule has 1 heterocycles. The molecule has 94 valence electrons. The largest absolute Gasteiger partial charge is 0.388 e. The molecule has 1 atom stereocenters. The Hall–Kier alpha value is -1.20. The minimum atomic E-state index is 0.328. The van der Waals surface area contributed by atoms with Gasteiger partial charge >= 0.3 is 0 Å². The lowest BCUT2D eigenvalue weighted by molar-refractivity contribution is 0.390. The average Bonchev–Trinajstić information content (AvgIpc) is 2.26. The quantitative estimate of drug-likeness (QED) is 0.751. The fourth-order valence-corrected chi connectivity index (χ4v) is 1.58. The molecule has 5 heteroatoms. The highest BCUT2D eigenvalue weighted by Crippen LogP contribution is 2.10. The van der Waals surface area contributed by atoms with E-state index in [1.807, 2.05) is 12.1 Å². The highest BCUT2D eigenvalue weighted by molar-refractivity contribution is 7.80. The molecule has 0 saturated heterocycles. The van der Waals surface area contributed by atoms with Crippen LogP contribution in [0, 0.1) is 0 Å².